The van der Waals surface area contributed by atoms with E-state index in [0.29, 0.717) is 36.1 Å². The quantitative estimate of drug-likeness (QED) is 0.377. The van der Waals surface area contributed by atoms with Gasteiger partial charge in [0, 0.05) is 6.07 Å². The lowest BCUT2D eigenvalue weighted by molar-refractivity contribution is -0.126. The van der Waals surface area contributed by atoms with Crippen molar-refractivity contribution in [1.29, 1.82) is 0 Å². The first-order valence-corrected chi connectivity index (χ1v) is 10.3. The molecule has 1 N–H and O–H groups in total. The normalized spacial score (nSPS) is 11.7. The van der Waals surface area contributed by atoms with Crippen LogP contribution in [-0.4, -0.2) is 45.2 Å². The summed E-state index contributed by atoms with van der Waals surface area (Å²) in [7, 11) is 2.86. The third-order valence-corrected chi connectivity index (χ3v) is 4.56. The average molecular weight is 464 g/mol. The van der Waals surface area contributed by atoms with Crippen molar-refractivity contribution in [2.45, 2.75) is 26.8 Å². The fraction of sp³-hybridized carbons (Fsp3) is 0.364. The molecule has 1 unspecified atom stereocenters. The van der Waals surface area contributed by atoms with Crippen LogP contribution in [0.15, 0.2) is 40.6 Å². The van der Waals surface area contributed by atoms with Crippen LogP contribution in [-0.2, 0) is 9.59 Å². The van der Waals surface area contributed by atoms with Crippen LogP contribution in [0.1, 0.15) is 20.8 Å². The van der Waals surface area contributed by atoms with Crippen molar-refractivity contribution in [3.05, 3.63) is 35.4 Å². The first-order chi connectivity index (χ1) is 15.4. The maximum absolute atomic E-state index is 12.8. The van der Waals surface area contributed by atoms with Crippen LogP contribution in [0.3, 0.4) is 0 Å². The molecular weight excluding hydrogens is 438 g/mol. The van der Waals surface area contributed by atoms with E-state index in [9.17, 15) is 9.59 Å². The second-order valence-electron chi connectivity index (χ2n) is 6.38. The molecule has 0 aliphatic carbocycles. The number of benzene rings is 2. The lowest BCUT2D eigenvalue weighted by atomic mass is 10.2. The van der Waals surface area contributed by atoms with Crippen molar-refractivity contribution < 1.29 is 28.5 Å². The Hall–Kier alpha value is -3.33. The number of carbonyl (C=O) groups excluding carboxylic acids is 2. The second kappa shape index (κ2) is 11.9. The van der Waals surface area contributed by atoms with Crippen molar-refractivity contribution in [2.75, 3.05) is 32.8 Å². The highest BCUT2D eigenvalue weighted by Crippen LogP contribution is 2.40. The number of nitrogens with zero attached hydrogens (tertiary/aromatic N) is 2. The molecular formula is C22H26ClN3O6. The Kier molecular flexibility index (Phi) is 9.27. The summed E-state index contributed by atoms with van der Waals surface area (Å²) in [5, 5.41) is 10.9. The van der Waals surface area contributed by atoms with Gasteiger partial charge in [0.15, 0.2) is 11.5 Å². The molecule has 2 rings (SSSR count). The third kappa shape index (κ3) is 6.10. The number of hydrogen-bond acceptors (Lipinski definition) is 8. The molecule has 0 bridgehead atoms. The van der Waals surface area contributed by atoms with Gasteiger partial charge in [0.25, 0.3) is 5.91 Å². The topological polar surface area (TPSA) is 108 Å². The van der Waals surface area contributed by atoms with Crippen molar-refractivity contribution in [1.82, 2.24) is 0 Å². The minimum atomic E-state index is -1.40. The van der Waals surface area contributed by atoms with Gasteiger partial charge in [-0.15, -0.1) is 0 Å². The number of carbonyl (C=O) groups is 2. The highest BCUT2D eigenvalue weighted by molar-refractivity contribution is 6.34. The van der Waals surface area contributed by atoms with Gasteiger partial charge < -0.3 is 24.3 Å². The molecule has 0 spiro atoms. The predicted molar refractivity (Wildman–Crippen MR) is 121 cm³/mol. The number of ether oxygens (including phenoxy) is 4. The van der Waals surface area contributed by atoms with Crippen LogP contribution < -0.4 is 24.3 Å². The van der Waals surface area contributed by atoms with Crippen molar-refractivity contribution in [3.63, 3.8) is 0 Å². The zero-order valence-corrected chi connectivity index (χ0v) is 19.4. The molecule has 0 aliphatic rings. The van der Waals surface area contributed by atoms with E-state index < -0.39 is 17.7 Å². The Balaban J connectivity index is 2.33. The number of azo groups is 1. The Morgan fingerprint density at radius 1 is 1.03 bits per heavy atom. The number of ketones is 1. The van der Waals surface area contributed by atoms with E-state index in [4.69, 9.17) is 30.5 Å². The minimum Gasteiger partial charge on any atom is -0.495 e. The van der Waals surface area contributed by atoms with Crippen LogP contribution in [0.2, 0.25) is 5.02 Å². The summed E-state index contributed by atoms with van der Waals surface area (Å²) in [5.41, 5.74) is 0.597. The van der Waals surface area contributed by atoms with Gasteiger partial charge in [-0.05, 0) is 45.0 Å². The van der Waals surface area contributed by atoms with Gasteiger partial charge in [0.2, 0.25) is 6.04 Å². The summed E-state index contributed by atoms with van der Waals surface area (Å²) in [6.07, 6.45) is 0. The molecule has 2 aromatic rings. The van der Waals surface area contributed by atoms with E-state index in [1.165, 1.54) is 21.1 Å². The molecule has 9 nitrogen and oxygen atoms in total. The van der Waals surface area contributed by atoms with Crippen molar-refractivity contribution >= 4 is 34.7 Å². The number of rotatable bonds is 11. The fourth-order valence-corrected chi connectivity index (χ4v) is 3.06. The van der Waals surface area contributed by atoms with E-state index in [1.54, 1.807) is 30.3 Å². The molecule has 0 aromatic heterocycles. The zero-order valence-electron chi connectivity index (χ0n) is 18.6. The number of amides is 1. The van der Waals surface area contributed by atoms with Gasteiger partial charge >= 0.3 is 0 Å². The zero-order chi connectivity index (χ0) is 23.7. The number of nitrogens with one attached hydrogen (secondary N) is 1. The lowest BCUT2D eigenvalue weighted by Gasteiger charge is -2.15. The Morgan fingerprint density at radius 3 is 2.31 bits per heavy atom. The molecule has 172 valence electrons. The Labute approximate surface area is 191 Å². The molecule has 10 heteroatoms. The highest BCUT2D eigenvalue weighted by Gasteiger charge is 2.25. The van der Waals surface area contributed by atoms with Crippen LogP contribution in [0.5, 0.6) is 23.0 Å². The summed E-state index contributed by atoms with van der Waals surface area (Å²) in [5.74, 6) is 0.393. The molecule has 1 atom stereocenters. The SMILES string of the molecule is CCOc1ccc(OCC)c(N=NC(C(C)=O)C(=O)Nc2ccc(OC)c(Cl)c2OC)c1. The largest absolute Gasteiger partial charge is 0.495 e. The Morgan fingerprint density at radius 2 is 1.72 bits per heavy atom. The molecule has 0 fully saturated rings. The van der Waals surface area contributed by atoms with Gasteiger partial charge in [-0.25, -0.2) is 0 Å². The first kappa shape index (κ1) is 24.9. The molecule has 0 heterocycles. The predicted octanol–water partition coefficient (Wildman–Crippen LogP) is 4.83. The standard InChI is InChI=1S/C22H26ClN3O6/c1-6-31-14-8-10-17(32-7-2)16(12-14)25-26-20(13(3)27)22(28)24-15-9-11-18(29-4)19(23)21(15)30-5/h8-12,20H,6-7H2,1-5H3,(H,24,28). The van der Waals surface area contributed by atoms with Crippen LogP contribution in [0.25, 0.3) is 0 Å². The summed E-state index contributed by atoms with van der Waals surface area (Å²) in [6.45, 7) is 5.81. The molecule has 0 saturated carbocycles. The number of hydrogen-bond donors (Lipinski definition) is 1. The molecule has 0 saturated heterocycles. The van der Waals surface area contributed by atoms with Gasteiger partial charge in [-0.2, -0.15) is 10.2 Å². The summed E-state index contributed by atoms with van der Waals surface area (Å²) in [6, 6.07) is 6.77. The monoisotopic (exact) mass is 463 g/mol. The highest BCUT2D eigenvalue weighted by atomic mass is 35.5. The third-order valence-electron chi connectivity index (χ3n) is 4.20. The average Bonchev–Trinajstić information content (AvgIpc) is 2.76. The maximum Gasteiger partial charge on any atom is 0.258 e. The summed E-state index contributed by atoms with van der Waals surface area (Å²) >= 11 is 6.23. The fourth-order valence-electron chi connectivity index (χ4n) is 2.74. The summed E-state index contributed by atoms with van der Waals surface area (Å²) in [4.78, 5) is 25.0. The first-order valence-electron chi connectivity index (χ1n) is 9.88. The number of methoxy groups -OCH3 is 2. The van der Waals surface area contributed by atoms with Crippen molar-refractivity contribution in [3.8, 4) is 23.0 Å². The van der Waals surface area contributed by atoms with E-state index >= 15 is 0 Å². The van der Waals surface area contributed by atoms with Gasteiger partial charge in [-0.3, -0.25) is 9.59 Å². The lowest BCUT2D eigenvalue weighted by Crippen LogP contribution is -2.32. The molecule has 1 amide bonds. The molecule has 0 aliphatic heterocycles. The Bertz CT molecular complexity index is 996. The van der Waals surface area contributed by atoms with Crippen LogP contribution >= 0.6 is 11.6 Å². The smallest absolute Gasteiger partial charge is 0.258 e. The van der Waals surface area contributed by atoms with Crippen LogP contribution in [0.4, 0.5) is 11.4 Å². The summed E-state index contributed by atoms with van der Waals surface area (Å²) < 4.78 is 21.4. The molecule has 0 radical (unpaired) electrons. The molecule has 2 aromatic carbocycles. The van der Waals surface area contributed by atoms with E-state index in [1.807, 2.05) is 13.8 Å². The number of anilines is 1. The van der Waals surface area contributed by atoms with Gasteiger partial charge in [0.05, 0.1) is 33.1 Å². The van der Waals surface area contributed by atoms with Crippen molar-refractivity contribution in [2.24, 2.45) is 10.2 Å². The van der Waals surface area contributed by atoms with E-state index in [0.717, 1.165) is 0 Å². The van der Waals surface area contributed by atoms with E-state index in [2.05, 4.69) is 15.5 Å². The van der Waals surface area contributed by atoms with Gasteiger partial charge in [-0.1, -0.05) is 11.6 Å². The maximum atomic E-state index is 12.8. The van der Waals surface area contributed by atoms with Gasteiger partial charge in [0.1, 0.15) is 28.0 Å². The van der Waals surface area contributed by atoms with Crippen LogP contribution in [0, 0.1) is 0 Å². The van der Waals surface area contributed by atoms with E-state index in [-0.39, 0.29) is 16.5 Å². The minimum absolute atomic E-state index is 0.183. The number of Topliss-reactive ketones (excluding diaryl/α,β-unsaturated/α-hetero) is 1. The second-order valence-corrected chi connectivity index (χ2v) is 6.75. The number of halogens is 1. The molecule has 32 heavy (non-hydrogen) atoms.